The van der Waals surface area contributed by atoms with Crippen LogP contribution in [0.25, 0.3) is 11.1 Å². The molecule has 284 valence electrons. The molecule has 0 aliphatic carbocycles. The summed E-state index contributed by atoms with van der Waals surface area (Å²) in [6.45, 7) is 0. The van der Waals surface area contributed by atoms with Crippen molar-refractivity contribution in [2.45, 2.75) is 18.5 Å². The molecular weight excluding hydrogens is 790 g/mol. The number of halogens is 12. The second-order valence-electron chi connectivity index (χ2n) is 12.0. The topological polar surface area (TPSA) is 34.1 Å². The van der Waals surface area contributed by atoms with Gasteiger partial charge in [0.25, 0.3) is 0 Å². The Hall–Kier alpha value is -5.06. The predicted octanol–water partition coefficient (Wildman–Crippen LogP) is 10.1. The molecule has 0 bridgehead atoms. The molecule has 2 nitrogen and oxygen atoms in total. The highest BCUT2D eigenvalue weighted by Gasteiger charge is 2.49. The third-order valence-corrected chi connectivity index (χ3v) is 15.1. The highest BCUT2D eigenvalue weighted by molar-refractivity contribution is 7.86. The summed E-state index contributed by atoms with van der Waals surface area (Å²) in [5.41, 5.74) is -6.25. The average Bonchev–Trinajstić information content (AvgIpc) is 3.13. The van der Waals surface area contributed by atoms with Gasteiger partial charge in [-0.05, 0) is 71.8 Å². The normalized spacial score (nSPS) is 12.9. The van der Waals surface area contributed by atoms with Crippen LogP contribution >= 0.6 is 14.3 Å². The molecule has 6 rings (SSSR count). The molecule has 16 heteroatoms. The lowest BCUT2D eigenvalue weighted by molar-refractivity contribution is -0.137. The van der Waals surface area contributed by atoms with Crippen LogP contribution in [0.2, 0.25) is 0 Å². The van der Waals surface area contributed by atoms with Crippen molar-refractivity contribution in [1.82, 2.24) is 0 Å². The Balaban J connectivity index is 1.61. The van der Waals surface area contributed by atoms with E-state index in [0.717, 1.165) is 66.7 Å². The number of alkyl halides is 9. The Morgan fingerprint density at radius 2 is 0.636 bits per heavy atom. The van der Waals surface area contributed by atoms with Gasteiger partial charge in [-0.1, -0.05) is 72.8 Å². The molecule has 0 unspecified atom stereocenters. The van der Waals surface area contributed by atoms with Crippen molar-refractivity contribution in [2.75, 3.05) is 0 Å². The Morgan fingerprint density at radius 1 is 0.327 bits per heavy atom. The molecule has 0 aliphatic rings. The average molecular weight is 813 g/mol. The van der Waals surface area contributed by atoms with Gasteiger partial charge >= 0.3 is 18.5 Å². The summed E-state index contributed by atoms with van der Waals surface area (Å²) >= 11 is 0. The molecule has 0 heterocycles. The van der Waals surface area contributed by atoms with Crippen molar-refractivity contribution in [2.24, 2.45) is 0 Å². The molecule has 6 aromatic rings. The molecular formula is C39H22F12O2P2. The molecule has 0 fully saturated rings. The van der Waals surface area contributed by atoms with E-state index in [-0.39, 0.29) is 11.6 Å². The molecule has 0 saturated heterocycles. The van der Waals surface area contributed by atoms with E-state index in [2.05, 4.69) is 0 Å². The summed E-state index contributed by atoms with van der Waals surface area (Å²) in [4.78, 5) is 0. The van der Waals surface area contributed by atoms with E-state index in [1.54, 1.807) is 0 Å². The Morgan fingerprint density at radius 3 is 1.04 bits per heavy atom. The van der Waals surface area contributed by atoms with Crippen LogP contribution < -0.4 is 31.8 Å². The fraction of sp³-hybridized carbons (Fsp3) is 0.0769. The molecule has 55 heavy (non-hydrogen) atoms. The van der Waals surface area contributed by atoms with E-state index in [0.29, 0.717) is 36.4 Å². The fourth-order valence-electron chi connectivity index (χ4n) is 6.33. The van der Waals surface area contributed by atoms with Crippen molar-refractivity contribution in [3.63, 3.8) is 0 Å². The van der Waals surface area contributed by atoms with Crippen molar-refractivity contribution >= 4 is 46.1 Å². The Kier molecular flexibility index (Phi) is 10.2. The van der Waals surface area contributed by atoms with Gasteiger partial charge in [0.1, 0.15) is 17.5 Å². The molecule has 6 aromatic carbocycles. The van der Waals surface area contributed by atoms with Crippen LogP contribution in [0.3, 0.4) is 0 Å². The zero-order valence-corrected chi connectivity index (χ0v) is 29.2. The van der Waals surface area contributed by atoms with Gasteiger partial charge in [0.15, 0.2) is 14.3 Å². The van der Waals surface area contributed by atoms with E-state index < -0.39 is 104 Å². The predicted molar refractivity (Wildman–Crippen MR) is 186 cm³/mol. The molecule has 0 aliphatic heterocycles. The summed E-state index contributed by atoms with van der Waals surface area (Å²) in [6, 6.07) is 18.2. The highest BCUT2D eigenvalue weighted by Crippen LogP contribution is 2.52. The van der Waals surface area contributed by atoms with Gasteiger partial charge in [0, 0.05) is 15.9 Å². The first kappa shape index (κ1) is 39.6. The SMILES string of the molecule is O=P(c1ccccc1F)(c1ccccc1F)c1ccc(-c2ccc(P(=O)(c3ccccc3C(F)(F)F)c3ccccc3C(F)(F)F)c(C(F)(F)F)c2)cc1F. The monoisotopic (exact) mass is 812 g/mol. The van der Waals surface area contributed by atoms with E-state index in [1.165, 1.54) is 24.3 Å². The van der Waals surface area contributed by atoms with E-state index in [4.69, 9.17) is 0 Å². The molecule has 0 aromatic heterocycles. The van der Waals surface area contributed by atoms with Crippen LogP contribution in [-0.2, 0) is 27.7 Å². The third kappa shape index (κ3) is 7.13. The summed E-state index contributed by atoms with van der Waals surface area (Å²) in [5.74, 6) is -3.54. The first-order chi connectivity index (χ1) is 25.7. The molecule has 0 spiro atoms. The number of rotatable bonds is 7. The Bertz CT molecular complexity index is 2410. The van der Waals surface area contributed by atoms with Gasteiger partial charge in [-0.3, -0.25) is 0 Å². The van der Waals surface area contributed by atoms with Crippen LogP contribution in [0.15, 0.2) is 133 Å². The van der Waals surface area contributed by atoms with Gasteiger partial charge in [-0.25, -0.2) is 13.2 Å². The third-order valence-electron chi connectivity index (χ3n) is 8.74. The largest absolute Gasteiger partial charge is 0.417 e. The molecule has 0 amide bonds. The summed E-state index contributed by atoms with van der Waals surface area (Å²) < 4.78 is 207. The van der Waals surface area contributed by atoms with Gasteiger partial charge in [0.2, 0.25) is 0 Å². The van der Waals surface area contributed by atoms with Gasteiger partial charge < -0.3 is 9.13 Å². The standard InChI is InChI=1S/C39H22F12O2P2/c40-28-11-3-7-15-34(28)55(53,35-16-8-4-12-29(35)41)36-20-18-24(22-30(36)42)23-17-19-33(27(21-23)39(49,50)51)54(52,31-13-5-1-9-25(31)37(43,44)45)32-14-6-2-10-26(32)38(46,47)48/h1-22H. The van der Waals surface area contributed by atoms with Gasteiger partial charge in [0.05, 0.1) is 32.6 Å². The maximum Gasteiger partial charge on any atom is 0.417 e. The zero-order chi connectivity index (χ0) is 40.1. The van der Waals surface area contributed by atoms with Crippen LogP contribution in [0, 0.1) is 17.5 Å². The first-order valence-corrected chi connectivity index (χ1v) is 19.2. The molecule has 0 atom stereocenters. The first-order valence-electron chi connectivity index (χ1n) is 15.8. The zero-order valence-electron chi connectivity index (χ0n) is 27.4. The van der Waals surface area contributed by atoms with Crippen molar-refractivity contribution in [3.8, 4) is 11.1 Å². The van der Waals surface area contributed by atoms with Crippen LogP contribution in [0.5, 0.6) is 0 Å². The minimum atomic E-state index is -5.75. The van der Waals surface area contributed by atoms with E-state index in [1.807, 2.05) is 0 Å². The van der Waals surface area contributed by atoms with Gasteiger partial charge in [-0.2, -0.15) is 39.5 Å². The quantitative estimate of drug-likeness (QED) is 0.119. The van der Waals surface area contributed by atoms with Gasteiger partial charge in [-0.15, -0.1) is 0 Å². The van der Waals surface area contributed by atoms with Crippen LogP contribution in [-0.4, -0.2) is 0 Å². The number of benzene rings is 6. The molecule has 0 saturated carbocycles. The maximum absolute atomic E-state index is 16.1. The van der Waals surface area contributed by atoms with Crippen molar-refractivity contribution in [1.29, 1.82) is 0 Å². The van der Waals surface area contributed by atoms with Crippen molar-refractivity contribution in [3.05, 3.63) is 168 Å². The smallest absolute Gasteiger partial charge is 0.309 e. The summed E-state index contributed by atoms with van der Waals surface area (Å²) in [5, 5.41) is -5.99. The molecule has 0 radical (unpaired) electrons. The second-order valence-corrected chi connectivity index (χ2v) is 17.4. The minimum Gasteiger partial charge on any atom is -0.309 e. The lowest BCUT2D eigenvalue weighted by atomic mass is 10.0. The van der Waals surface area contributed by atoms with E-state index >= 15 is 17.7 Å². The lowest BCUT2D eigenvalue weighted by Gasteiger charge is -2.28. The number of hydrogen-bond donors (Lipinski definition) is 0. The maximum atomic E-state index is 16.1. The fourth-order valence-corrected chi connectivity index (χ4v) is 12.4. The Labute approximate surface area is 304 Å². The number of hydrogen-bond acceptors (Lipinski definition) is 2. The van der Waals surface area contributed by atoms with Crippen molar-refractivity contribution < 1.29 is 61.8 Å². The minimum absolute atomic E-state index is 0.288. The van der Waals surface area contributed by atoms with Crippen LogP contribution in [0.4, 0.5) is 52.7 Å². The lowest BCUT2D eigenvalue weighted by Crippen LogP contribution is -2.36. The van der Waals surface area contributed by atoms with E-state index in [9.17, 15) is 44.1 Å². The van der Waals surface area contributed by atoms with Crippen LogP contribution in [0.1, 0.15) is 16.7 Å². The second kappa shape index (κ2) is 14.2. The summed E-state index contributed by atoms with van der Waals surface area (Å²) in [6.07, 6.45) is -16.3. The summed E-state index contributed by atoms with van der Waals surface area (Å²) in [7, 11) is -10.4. The highest BCUT2D eigenvalue weighted by atomic mass is 31.2. The molecule has 0 N–H and O–H groups in total.